The first kappa shape index (κ1) is 9.68. The van der Waals surface area contributed by atoms with Crippen molar-refractivity contribution in [1.29, 1.82) is 0 Å². The monoisotopic (exact) mass is 205 g/mol. The van der Waals surface area contributed by atoms with Gasteiger partial charge in [-0.05, 0) is 24.1 Å². The lowest BCUT2D eigenvalue weighted by Crippen LogP contribution is -2.29. The molecule has 1 aliphatic heterocycles. The van der Waals surface area contributed by atoms with Gasteiger partial charge in [-0.1, -0.05) is 17.2 Å². The highest BCUT2D eigenvalue weighted by molar-refractivity contribution is 5.40. The number of nitrogens with zero attached hydrogens (tertiary/aromatic N) is 3. The molecule has 0 spiro atoms. The smallest absolute Gasteiger partial charge is 0.161 e. The van der Waals surface area contributed by atoms with Crippen LogP contribution in [-0.2, 0) is 0 Å². The minimum absolute atomic E-state index is 0.0228. The van der Waals surface area contributed by atoms with E-state index in [9.17, 15) is 0 Å². The fraction of sp³-hybridized carbons (Fsp3) is 0.400. The van der Waals surface area contributed by atoms with Crippen molar-refractivity contribution in [2.24, 2.45) is 5.11 Å². The van der Waals surface area contributed by atoms with Crippen molar-refractivity contribution in [3.63, 3.8) is 0 Å². The van der Waals surface area contributed by atoms with E-state index in [0.717, 1.165) is 11.5 Å². The summed E-state index contributed by atoms with van der Waals surface area (Å²) in [6.45, 7) is 0.949. The zero-order chi connectivity index (χ0) is 10.5. The van der Waals surface area contributed by atoms with E-state index in [0.29, 0.717) is 19.6 Å². The number of ether oxygens (including phenoxy) is 2. The van der Waals surface area contributed by atoms with Crippen molar-refractivity contribution in [3.05, 3.63) is 34.7 Å². The molecular formula is C10H11N3O2. The Bertz CT molecular complexity index is 388. The second-order valence-corrected chi connectivity index (χ2v) is 3.24. The third kappa shape index (κ3) is 2.33. The zero-order valence-corrected chi connectivity index (χ0v) is 8.17. The second kappa shape index (κ2) is 4.57. The summed E-state index contributed by atoms with van der Waals surface area (Å²) in [5, 5.41) is 3.47. The predicted molar refractivity (Wildman–Crippen MR) is 55.0 cm³/mol. The van der Waals surface area contributed by atoms with E-state index in [4.69, 9.17) is 15.0 Å². The van der Waals surface area contributed by atoms with Gasteiger partial charge in [-0.15, -0.1) is 0 Å². The Hall–Kier alpha value is -1.87. The van der Waals surface area contributed by atoms with Crippen LogP contribution in [0.25, 0.3) is 10.4 Å². The summed E-state index contributed by atoms with van der Waals surface area (Å²) >= 11 is 0. The molecule has 2 rings (SSSR count). The van der Waals surface area contributed by atoms with Gasteiger partial charge in [-0.2, -0.15) is 0 Å². The Morgan fingerprint density at radius 1 is 1.40 bits per heavy atom. The SMILES string of the molecule is [N-]=[N+]=NCCC1COc2ccccc2O1. The van der Waals surface area contributed by atoms with E-state index in [1.165, 1.54) is 0 Å². The van der Waals surface area contributed by atoms with Crippen LogP contribution in [0.2, 0.25) is 0 Å². The van der Waals surface area contributed by atoms with Crippen LogP contribution in [-0.4, -0.2) is 19.3 Å². The van der Waals surface area contributed by atoms with E-state index < -0.39 is 0 Å². The zero-order valence-electron chi connectivity index (χ0n) is 8.17. The molecule has 1 aromatic carbocycles. The van der Waals surface area contributed by atoms with Crippen LogP contribution in [0.5, 0.6) is 11.5 Å². The van der Waals surface area contributed by atoms with Gasteiger partial charge in [0.05, 0.1) is 0 Å². The number of hydrogen-bond donors (Lipinski definition) is 0. The highest BCUT2D eigenvalue weighted by atomic mass is 16.6. The average Bonchev–Trinajstić information content (AvgIpc) is 2.29. The molecule has 0 aliphatic carbocycles. The molecule has 0 aromatic heterocycles. The van der Waals surface area contributed by atoms with E-state index in [1.807, 2.05) is 24.3 Å². The number of fused-ring (bicyclic) bond motifs is 1. The van der Waals surface area contributed by atoms with Crippen LogP contribution in [0, 0.1) is 0 Å². The van der Waals surface area contributed by atoms with Crippen molar-refractivity contribution >= 4 is 0 Å². The summed E-state index contributed by atoms with van der Waals surface area (Å²) in [6.07, 6.45) is 0.656. The molecule has 0 saturated carbocycles. The van der Waals surface area contributed by atoms with Crippen molar-refractivity contribution in [2.75, 3.05) is 13.2 Å². The van der Waals surface area contributed by atoms with Gasteiger partial charge < -0.3 is 9.47 Å². The minimum atomic E-state index is -0.0228. The lowest BCUT2D eigenvalue weighted by atomic mass is 10.2. The minimum Gasteiger partial charge on any atom is -0.486 e. The van der Waals surface area contributed by atoms with Crippen LogP contribution in [0.15, 0.2) is 29.4 Å². The maximum atomic E-state index is 8.14. The maximum absolute atomic E-state index is 8.14. The first-order chi connectivity index (χ1) is 7.40. The molecule has 1 aromatic rings. The third-order valence-electron chi connectivity index (χ3n) is 2.18. The number of rotatable bonds is 3. The Balaban J connectivity index is 1.96. The van der Waals surface area contributed by atoms with Gasteiger partial charge in [0.15, 0.2) is 11.5 Å². The van der Waals surface area contributed by atoms with Gasteiger partial charge in [0.2, 0.25) is 0 Å². The molecule has 1 heterocycles. The number of para-hydroxylation sites is 2. The lowest BCUT2D eigenvalue weighted by Gasteiger charge is -2.25. The largest absolute Gasteiger partial charge is 0.486 e. The van der Waals surface area contributed by atoms with Crippen molar-refractivity contribution in [1.82, 2.24) is 0 Å². The molecule has 1 aliphatic rings. The van der Waals surface area contributed by atoms with Crippen molar-refractivity contribution in [3.8, 4) is 11.5 Å². The number of benzene rings is 1. The molecule has 0 N–H and O–H groups in total. The molecule has 5 heteroatoms. The van der Waals surface area contributed by atoms with Crippen LogP contribution >= 0.6 is 0 Å². The van der Waals surface area contributed by atoms with Gasteiger partial charge in [-0.25, -0.2) is 0 Å². The first-order valence-corrected chi connectivity index (χ1v) is 4.79. The first-order valence-electron chi connectivity index (χ1n) is 4.79. The molecule has 5 nitrogen and oxygen atoms in total. The van der Waals surface area contributed by atoms with Gasteiger partial charge >= 0.3 is 0 Å². The van der Waals surface area contributed by atoms with Gasteiger partial charge in [0.25, 0.3) is 0 Å². The molecule has 15 heavy (non-hydrogen) atoms. The Morgan fingerprint density at radius 2 is 2.20 bits per heavy atom. The third-order valence-corrected chi connectivity index (χ3v) is 2.18. The van der Waals surface area contributed by atoms with Crippen molar-refractivity contribution in [2.45, 2.75) is 12.5 Å². The fourth-order valence-corrected chi connectivity index (χ4v) is 1.45. The Labute approximate surface area is 87.2 Å². The summed E-state index contributed by atoms with van der Waals surface area (Å²) in [5.74, 6) is 1.53. The molecule has 1 atom stereocenters. The molecule has 0 saturated heterocycles. The quantitative estimate of drug-likeness (QED) is 0.432. The van der Waals surface area contributed by atoms with Crippen molar-refractivity contribution < 1.29 is 9.47 Å². The Morgan fingerprint density at radius 3 is 3.00 bits per heavy atom. The van der Waals surface area contributed by atoms with Gasteiger partial charge in [-0.3, -0.25) is 0 Å². The van der Waals surface area contributed by atoms with Gasteiger partial charge in [0.1, 0.15) is 12.7 Å². The average molecular weight is 205 g/mol. The molecule has 1 unspecified atom stereocenters. The van der Waals surface area contributed by atoms with E-state index in [-0.39, 0.29) is 6.10 Å². The molecule has 78 valence electrons. The summed E-state index contributed by atoms with van der Waals surface area (Å²) in [5.41, 5.74) is 8.14. The van der Waals surface area contributed by atoms with E-state index >= 15 is 0 Å². The van der Waals surface area contributed by atoms with Crippen LogP contribution < -0.4 is 9.47 Å². The summed E-state index contributed by atoms with van der Waals surface area (Å²) < 4.78 is 11.2. The predicted octanol–water partition coefficient (Wildman–Crippen LogP) is 2.53. The van der Waals surface area contributed by atoms with Crippen LogP contribution in [0.4, 0.5) is 0 Å². The fourth-order valence-electron chi connectivity index (χ4n) is 1.45. The summed E-state index contributed by atoms with van der Waals surface area (Å²) in [7, 11) is 0. The molecule has 0 fully saturated rings. The summed E-state index contributed by atoms with van der Waals surface area (Å²) in [4.78, 5) is 2.69. The molecule has 0 radical (unpaired) electrons. The lowest BCUT2D eigenvalue weighted by molar-refractivity contribution is 0.0866. The number of hydrogen-bond acceptors (Lipinski definition) is 3. The molecular weight excluding hydrogens is 194 g/mol. The summed E-state index contributed by atoms with van der Waals surface area (Å²) in [6, 6.07) is 7.55. The molecule has 0 bridgehead atoms. The normalized spacial score (nSPS) is 18.0. The maximum Gasteiger partial charge on any atom is 0.161 e. The topological polar surface area (TPSA) is 67.2 Å². The molecule has 0 amide bonds. The second-order valence-electron chi connectivity index (χ2n) is 3.24. The number of azide groups is 1. The highest BCUT2D eigenvalue weighted by Crippen LogP contribution is 2.31. The highest BCUT2D eigenvalue weighted by Gasteiger charge is 2.19. The van der Waals surface area contributed by atoms with E-state index in [1.54, 1.807) is 0 Å². The van der Waals surface area contributed by atoms with E-state index in [2.05, 4.69) is 10.0 Å². The Kier molecular flexibility index (Phi) is 2.95. The van der Waals surface area contributed by atoms with Gasteiger partial charge in [0, 0.05) is 11.5 Å². The van der Waals surface area contributed by atoms with Crippen LogP contribution in [0.1, 0.15) is 6.42 Å². The van der Waals surface area contributed by atoms with Crippen LogP contribution in [0.3, 0.4) is 0 Å². The standard InChI is InChI=1S/C10H11N3O2/c11-13-12-6-5-8-7-14-9-3-1-2-4-10(9)15-8/h1-4,8H,5-7H2.